The zero-order valence-electron chi connectivity index (χ0n) is 16.7. The van der Waals surface area contributed by atoms with E-state index in [1.54, 1.807) is 48.3 Å². The average Bonchev–Trinajstić information content (AvgIpc) is 2.75. The Hall–Kier alpha value is -3.70. The lowest BCUT2D eigenvalue weighted by Gasteiger charge is -2.17. The molecule has 0 saturated carbocycles. The van der Waals surface area contributed by atoms with E-state index in [0.717, 1.165) is 23.3 Å². The normalized spacial score (nSPS) is 10.9. The molecule has 0 bridgehead atoms. The molecule has 3 aromatic rings. The number of anilines is 1. The van der Waals surface area contributed by atoms with Gasteiger partial charge < -0.3 is 4.90 Å². The first kappa shape index (κ1) is 22.0. The molecule has 0 radical (unpaired) electrons. The number of nitriles is 1. The van der Waals surface area contributed by atoms with Gasteiger partial charge in [-0.15, -0.1) is 0 Å². The van der Waals surface area contributed by atoms with Gasteiger partial charge in [0.05, 0.1) is 22.9 Å². The second kappa shape index (κ2) is 9.41. The minimum absolute atomic E-state index is 0.0439. The van der Waals surface area contributed by atoms with Crippen LogP contribution in [0, 0.1) is 17.1 Å². The van der Waals surface area contributed by atoms with Crippen molar-refractivity contribution in [3.63, 3.8) is 0 Å². The highest BCUT2D eigenvalue weighted by atomic mass is 32.2. The van der Waals surface area contributed by atoms with Crippen molar-refractivity contribution < 1.29 is 17.6 Å². The molecule has 8 heteroatoms. The molecule has 0 heterocycles. The fourth-order valence-corrected chi connectivity index (χ4v) is 3.93. The molecule has 158 valence electrons. The number of likely N-dealkylation sites (N-methyl/N-ethyl adjacent to an activating group) is 1. The van der Waals surface area contributed by atoms with Crippen LogP contribution in [0.1, 0.15) is 16.7 Å². The number of nitrogens with one attached hydrogen (secondary N) is 1. The zero-order chi connectivity index (χ0) is 22.4. The maximum absolute atomic E-state index is 13.0. The Morgan fingerprint density at radius 1 is 0.968 bits per heavy atom. The minimum atomic E-state index is -3.83. The summed E-state index contributed by atoms with van der Waals surface area (Å²) >= 11 is 0. The molecule has 6 nitrogen and oxygen atoms in total. The highest BCUT2D eigenvalue weighted by Crippen LogP contribution is 2.18. The van der Waals surface area contributed by atoms with Crippen molar-refractivity contribution in [1.82, 2.24) is 4.90 Å². The molecule has 31 heavy (non-hydrogen) atoms. The lowest BCUT2D eigenvalue weighted by molar-refractivity contribution is -0.129. The Labute approximate surface area is 180 Å². The number of rotatable bonds is 7. The highest BCUT2D eigenvalue weighted by molar-refractivity contribution is 7.92. The third kappa shape index (κ3) is 5.90. The van der Waals surface area contributed by atoms with Gasteiger partial charge in [0.15, 0.2) is 0 Å². The van der Waals surface area contributed by atoms with Gasteiger partial charge >= 0.3 is 0 Å². The Kier molecular flexibility index (Phi) is 6.68. The topological polar surface area (TPSA) is 90.3 Å². The molecule has 0 spiro atoms. The fraction of sp³-hybridized carbons (Fsp3) is 0.130. The smallest absolute Gasteiger partial charge is 0.261 e. The van der Waals surface area contributed by atoms with E-state index in [4.69, 9.17) is 5.26 Å². The Balaban J connectivity index is 1.59. The number of carbonyl (C=O) groups excluding carboxylic acids is 1. The van der Waals surface area contributed by atoms with E-state index in [9.17, 15) is 17.6 Å². The summed E-state index contributed by atoms with van der Waals surface area (Å²) in [5.41, 5.74) is 2.56. The molecule has 0 aliphatic rings. The van der Waals surface area contributed by atoms with Crippen LogP contribution in [0.5, 0.6) is 0 Å². The highest BCUT2D eigenvalue weighted by Gasteiger charge is 2.15. The van der Waals surface area contributed by atoms with Gasteiger partial charge in [-0.2, -0.15) is 5.26 Å². The lowest BCUT2D eigenvalue weighted by Crippen LogP contribution is -2.27. The standard InChI is InChI=1S/C23H20FN3O3S/c1-27(16-19-4-2-18(15-25)3-5-19)23(28)14-17-6-10-21(11-7-17)26-31(29,30)22-12-8-20(24)9-13-22/h2-13,26H,14,16H2,1H3. The van der Waals surface area contributed by atoms with Crippen LogP contribution in [0.4, 0.5) is 10.1 Å². The van der Waals surface area contributed by atoms with Gasteiger partial charge in [0.2, 0.25) is 5.91 Å². The van der Waals surface area contributed by atoms with Crippen molar-refractivity contribution in [1.29, 1.82) is 5.26 Å². The molecule has 0 fully saturated rings. The molecule has 3 rings (SSSR count). The summed E-state index contributed by atoms with van der Waals surface area (Å²) in [5.74, 6) is -0.610. The van der Waals surface area contributed by atoms with Crippen LogP contribution in [-0.4, -0.2) is 26.3 Å². The Morgan fingerprint density at radius 3 is 2.13 bits per heavy atom. The van der Waals surface area contributed by atoms with Crippen LogP contribution in [0.2, 0.25) is 0 Å². The predicted molar refractivity (Wildman–Crippen MR) is 115 cm³/mol. The molecule has 1 amide bonds. The van der Waals surface area contributed by atoms with Gasteiger partial charge in [-0.3, -0.25) is 9.52 Å². The number of halogens is 1. The summed E-state index contributed by atoms with van der Waals surface area (Å²) in [5, 5.41) is 8.85. The molecule has 0 aromatic heterocycles. The van der Waals surface area contributed by atoms with E-state index >= 15 is 0 Å². The first-order valence-corrected chi connectivity index (χ1v) is 10.9. The number of benzene rings is 3. The monoisotopic (exact) mass is 437 g/mol. The van der Waals surface area contributed by atoms with Crippen molar-refractivity contribution in [3.05, 3.63) is 95.3 Å². The van der Waals surface area contributed by atoms with Gasteiger partial charge in [0.1, 0.15) is 5.82 Å². The van der Waals surface area contributed by atoms with Crippen LogP contribution >= 0.6 is 0 Å². The first-order chi connectivity index (χ1) is 14.8. The van der Waals surface area contributed by atoms with Gasteiger partial charge in [-0.1, -0.05) is 24.3 Å². The summed E-state index contributed by atoms with van der Waals surface area (Å²) in [4.78, 5) is 14.0. The molecule has 1 N–H and O–H groups in total. The van der Waals surface area contributed by atoms with Crippen LogP contribution < -0.4 is 4.72 Å². The summed E-state index contributed by atoms with van der Waals surface area (Å²) in [6, 6.07) is 20.1. The molecular formula is C23H20FN3O3S. The SMILES string of the molecule is CN(Cc1ccc(C#N)cc1)C(=O)Cc1ccc(NS(=O)(=O)c2ccc(F)cc2)cc1. The summed E-state index contributed by atoms with van der Waals surface area (Å²) in [6.45, 7) is 0.417. The minimum Gasteiger partial charge on any atom is -0.341 e. The zero-order valence-corrected chi connectivity index (χ0v) is 17.6. The molecule has 0 saturated heterocycles. The van der Waals surface area contributed by atoms with Gasteiger partial charge in [0.25, 0.3) is 10.0 Å². The first-order valence-electron chi connectivity index (χ1n) is 9.37. The number of nitrogens with zero attached hydrogens (tertiary/aromatic N) is 2. The van der Waals surface area contributed by atoms with E-state index in [-0.39, 0.29) is 17.2 Å². The van der Waals surface area contributed by atoms with Gasteiger partial charge in [0, 0.05) is 19.3 Å². The maximum atomic E-state index is 13.0. The summed E-state index contributed by atoms with van der Waals surface area (Å²) in [6.07, 6.45) is 0.164. The fourth-order valence-electron chi connectivity index (χ4n) is 2.87. The second-order valence-corrected chi connectivity index (χ2v) is 8.67. The summed E-state index contributed by atoms with van der Waals surface area (Å²) in [7, 11) is -2.13. The van der Waals surface area contributed by atoms with Crippen molar-refractivity contribution in [2.45, 2.75) is 17.9 Å². The number of carbonyl (C=O) groups is 1. The van der Waals surface area contributed by atoms with E-state index in [1.807, 2.05) is 12.1 Å². The number of hydrogen-bond donors (Lipinski definition) is 1. The van der Waals surface area contributed by atoms with E-state index in [0.29, 0.717) is 17.8 Å². The van der Waals surface area contributed by atoms with Crippen LogP contribution in [0.25, 0.3) is 0 Å². The van der Waals surface area contributed by atoms with Crippen molar-refractivity contribution >= 4 is 21.6 Å². The van der Waals surface area contributed by atoms with E-state index < -0.39 is 15.8 Å². The van der Waals surface area contributed by atoms with E-state index in [1.165, 1.54) is 12.1 Å². The van der Waals surface area contributed by atoms with Crippen molar-refractivity contribution in [2.24, 2.45) is 0 Å². The lowest BCUT2D eigenvalue weighted by atomic mass is 10.1. The Bertz CT molecular complexity index is 1200. The van der Waals surface area contributed by atoms with Crippen LogP contribution in [0.15, 0.2) is 77.7 Å². The van der Waals surface area contributed by atoms with Gasteiger partial charge in [-0.25, -0.2) is 12.8 Å². The molecule has 0 aliphatic carbocycles. The van der Waals surface area contributed by atoms with Crippen LogP contribution in [0.3, 0.4) is 0 Å². The van der Waals surface area contributed by atoms with E-state index in [2.05, 4.69) is 10.8 Å². The Morgan fingerprint density at radius 2 is 1.55 bits per heavy atom. The molecule has 0 atom stereocenters. The van der Waals surface area contributed by atoms with Gasteiger partial charge in [-0.05, 0) is 59.7 Å². The molecular weight excluding hydrogens is 417 g/mol. The largest absolute Gasteiger partial charge is 0.341 e. The number of sulfonamides is 1. The third-order valence-electron chi connectivity index (χ3n) is 4.61. The predicted octanol–water partition coefficient (Wildman–Crippen LogP) is 3.70. The summed E-state index contributed by atoms with van der Waals surface area (Å²) < 4.78 is 40.2. The van der Waals surface area contributed by atoms with Crippen molar-refractivity contribution in [2.75, 3.05) is 11.8 Å². The number of hydrogen-bond acceptors (Lipinski definition) is 4. The second-order valence-electron chi connectivity index (χ2n) is 6.99. The molecule has 0 unspecified atom stereocenters. The number of amides is 1. The average molecular weight is 437 g/mol. The third-order valence-corrected chi connectivity index (χ3v) is 6.01. The van der Waals surface area contributed by atoms with Crippen molar-refractivity contribution in [3.8, 4) is 6.07 Å². The molecule has 3 aromatic carbocycles. The van der Waals surface area contributed by atoms with Crippen LogP contribution in [-0.2, 0) is 27.8 Å². The molecule has 0 aliphatic heterocycles. The maximum Gasteiger partial charge on any atom is 0.261 e. The quantitative estimate of drug-likeness (QED) is 0.610.